The van der Waals surface area contributed by atoms with Crippen LogP contribution in [0.3, 0.4) is 0 Å². The van der Waals surface area contributed by atoms with Gasteiger partial charge in [-0.2, -0.15) is 0 Å². The summed E-state index contributed by atoms with van der Waals surface area (Å²) in [6, 6.07) is 6.52. The van der Waals surface area contributed by atoms with Crippen LogP contribution in [0.5, 0.6) is 0 Å². The van der Waals surface area contributed by atoms with Crippen LogP contribution >= 0.6 is 11.3 Å². The Labute approximate surface area is 162 Å². The quantitative estimate of drug-likeness (QED) is 0.416. The second-order valence-electron chi connectivity index (χ2n) is 7.16. The van der Waals surface area contributed by atoms with Gasteiger partial charge in [-0.15, -0.1) is 11.3 Å². The summed E-state index contributed by atoms with van der Waals surface area (Å²) in [7, 11) is 1.36. The minimum absolute atomic E-state index is 0.0125. The molecule has 3 rings (SSSR count). The fourth-order valence-corrected chi connectivity index (χ4v) is 4.73. The Bertz CT molecular complexity index is 916. The van der Waals surface area contributed by atoms with Gasteiger partial charge in [0.25, 0.3) is 5.69 Å². The van der Waals surface area contributed by atoms with E-state index >= 15 is 0 Å². The van der Waals surface area contributed by atoms with Gasteiger partial charge >= 0.3 is 5.97 Å². The number of hydrogen-bond acceptors (Lipinski definition) is 6. The van der Waals surface area contributed by atoms with Crippen molar-refractivity contribution in [2.45, 2.75) is 33.1 Å². The third kappa shape index (κ3) is 3.64. The minimum atomic E-state index is -0.593. The molecule has 0 saturated heterocycles. The van der Waals surface area contributed by atoms with E-state index in [0.717, 1.165) is 28.1 Å². The number of fused-ring (bicyclic) bond motifs is 1. The molecule has 1 aromatic heterocycles. The lowest BCUT2D eigenvalue weighted by atomic mass is 9.75. The second-order valence-corrected chi connectivity index (χ2v) is 8.02. The zero-order chi connectivity index (χ0) is 19.7. The van der Waals surface area contributed by atoms with Gasteiger partial charge in [0, 0.05) is 29.3 Å². The van der Waals surface area contributed by atoms with E-state index < -0.39 is 10.8 Å². The lowest BCUT2D eigenvalue weighted by molar-refractivity contribution is -0.384. The average molecular weight is 386 g/mol. The smallest absolute Gasteiger partial charge is 0.315 e. The van der Waals surface area contributed by atoms with Gasteiger partial charge in [0.15, 0.2) is 0 Å². The lowest BCUT2D eigenvalue weighted by Crippen LogP contribution is -2.33. The van der Waals surface area contributed by atoms with Crippen molar-refractivity contribution < 1.29 is 14.5 Å². The molecule has 0 fully saturated rings. The average Bonchev–Trinajstić information content (AvgIpc) is 3.01. The molecular weight excluding hydrogens is 364 g/mol. The standard InChI is InChI=1S/C20H22N2O4S/c1-11(2)8-14-10-27-19-18(14)17(16(12(3)21-19)20(23)26-4)13-6-5-7-15(9-13)22(24)25/h5-7,9-11,16-17H,8H2,1-4H3. The Hall–Kier alpha value is -2.54. The molecule has 1 aliphatic heterocycles. The molecule has 6 nitrogen and oxygen atoms in total. The topological polar surface area (TPSA) is 81.8 Å². The van der Waals surface area contributed by atoms with Crippen LogP contribution in [-0.2, 0) is 16.0 Å². The number of hydrogen-bond donors (Lipinski definition) is 0. The summed E-state index contributed by atoms with van der Waals surface area (Å²) in [6.07, 6.45) is 0.861. The normalized spacial score (nSPS) is 18.8. The number of esters is 1. The molecule has 27 heavy (non-hydrogen) atoms. The first kappa shape index (κ1) is 19.2. The summed E-state index contributed by atoms with van der Waals surface area (Å²) in [6.45, 7) is 6.10. The highest BCUT2D eigenvalue weighted by atomic mass is 32.1. The second kappa shape index (κ2) is 7.60. The van der Waals surface area contributed by atoms with Gasteiger partial charge in [-0.25, -0.2) is 4.99 Å². The Kier molecular flexibility index (Phi) is 5.41. The summed E-state index contributed by atoms with van der Waals surface area (Å²) in [5.41, 5.74) is 3.56. The van der Waals surface area contributed by atoms with Crippen LogP contribution in [-0.4, -0.2) is 23.7 Å². The summed E-state index contributed by atoms with van der Waals surface area (Å²) in [5.74, 6) is -0.868. The predicted octanol–water partition coefficient (Wildman–Crippen LogP) is 4.88. The Morgan fingerprint density at radius 3 is 2.78 bits per heavy atom. The Morgan fingerprint density at radius 2 is 2.15 bits per heavy atom. The highest BCUT2D eigenvalue weighted by Crippen LogP contribution is 2.48. The Morgan fingerprint density at radius 1 is 1.41 bits per heavy atom. The van der Waals surface area contributed by atoms with Crippen LogP contribution in [0.15, 0.2) is 34.6 Å². The summed E-state index contributed by atoms with van der Waals surface area (Å²) < 4.78 is 5.05. The molecule has 7 heteroatoms. The molecule has 2 atom stereocenters. The number of carbonyl (C=O) groups is 1. The first-order valence-electron chi connectivity index (χ1n) is 8.81. The van der Waals surface area contributed by atoms with Crippen LogP contribution in [0.1, 0.15) is 43.4 Å². The number of nitrogens with zero attached hydrogens (tertiary/aromatic N) is 2. The van der Waals surface area contributed by atoms with Crippen molar-refractivity contribution >= 4 is 33.7 Å². The van der Waals surface area contributed by atoms with Crippen LogP contribution in [0, 0.1) is 22.0 Å². The van der Waals surface area contributed by atoms with E-state index in [1.54, 1.807) is 23.5 Å². The number of rotatable bonds is 5. The number of aliphatic imine (C=N–C) groups is 1. The fraction of sp³-hybridized carbons (Fsp3) is 0.400. The number of thiophene rings is 1. The molecule has 0 amide bonds. The number of non-ortho nitro benzene ring substituents is 1. The lowest BCUT2D eigenvalue weighted by Gasteiger charge is -2.30. The molecule has 0 radical (unpaired) electrons. The summed E-state index contributed by atoms with van der Waals surface area (Å²) in [5, 5.41) is 14.2. The molecule has 0 N–H and O–H groups in total. The van der Waals surface area contributed by atoms with E-state index in [1.807, 2.05) is 13.0 Å². The molecule has 142 valence electrons. The monoisotopic (exact) mass is 386 g/mol. The number of ether oxygens (including phenoxy) is 1. The van der Waals surface area contributed by atoms with E-state index in [-0.39, 0.29) is 17.6 Å². The summed E-state index contributed by atoms with van der Waals surface area (Å²) in [4.78, 5) is 28.1. The highest BCUT2D eigenvalue weighted by Gasteiger charge is 2.40. The maximum absolute atomic E-state index is 12.6. The largest absolute Gasteiger partial charge is 0.468 e. The van der Waals surface area contributed by atoms with Crippen molar-refractivity contribution in [3.63, 3.8) is 0 Å². The third-order valence-electron chi connectivity index (χ3n) is 4.78. The van der Waals surface area contributed by atoms with Gasteiger partial charge in [0.05, 0.1) is 12.0 Å². The first-order valence-corrected chi connectivity index (χ1v) is 9.69. The zero-order valence-electron chi connectivity index (χ0n) is 15.8. The maximum atomic E-state index is 12.6. The van der Waals surface area contributed by atoms with Crippen molar-refractivity contribution in [3.8, 4) is 0 Å². The van der Waals surface area contributed by atoms with Gasteiger partial charge in [-0.05, 0) is 35.8 Å². The zero-order valence-corrected chi connectivity index (χ0v) is 16.6. The van der Waals surface area contributed by atoms with Gasteiger partial charge in [0.1, 0.15) is 10.9 Å². The molecule has 2 unspecified atom stereocenters. The van der Waals surface area contributed by atoms with Crippen LogP contribution < -0.4 is 0 Å². The van der Waals surface area contributed by atoms with Crippen LogP contribution in [0.25, 0.3) is 0 Å². The number of nitro benzene ring substituents is 1. The maximum Gasteiger partial charge on any atom is 0.315 e. The molecule has 1 aromatic carbocycles. The van der Waals surface area contributed by atoms with Gasteiger partial charge in [-0.1, -0.05) is 26.0 Å². The minimum Gasteiger partial charge on any atom is -0.468 e. The van der Waals surface area contributed by atoms with E-state index in [9.17, 15) is 14.9 Å². The number of methoxy groups -OCH3 is 1. The molecule has 2 heterocycles. The molecule has 0 spiro atoms. The summed E-state index contributed by atoms with van der Waals surface area (Å²) >= 11 is 1.55. The molecular formula is C20H22N2O4S. The molecule has 0 aliphatic carbocycles. The van der Waals surface area contributed by atoms with Gasteiger partial charge < -0.3 is 4.74 Å². The van der Waals surface area contributed by atoms with E-state index in [0.29, 0.717) is 11.6 Å². The van der Waals surface area contributed by atoms with Gasteiger partial charge in [-0.3, -0.25) is 14.9 Å². The number of nitro groups is 1. The fourth-order valence-electron chi connectivity index (χ4n) is 3.67. The van der Waals surface area contributed by atoms with E-state index in [2.05, 4.69) is 24.2 Å². The SMILES string of the molecule is COC(=O)C1C(C)=Nc2scc(CC(C)C)c2C1c1cccc([N+](=O)[O-])c1. The predicted molar refractivity (Wildman–Crippen MR) is 106 cm³/mol. The number of benzene rings is 1. The van der Waals surface area contributed by atoms with Crippen molar-refractivity contribution in [3.05, 3.63) is 56.5 Å². The molecule has 1 aliphatic rings. The van der Waals surface area contributed by atoms with Gasteiger partial charge in [0.2, 0.25) is 0 Å². The van der Waals surface area contributed by atoms with Crippen molar-refractivity contribution in [2.24, 2.45) is 16.8 Å². The first-order chi connectivity index (χ1) is 12.8. The van der Waals surface area contributed by atoms with Crippen molar-refractivity contribution in [1.29, 1.82) is 0 Å². The van der Waals surface area contributed by atoms with E-state index in [4.69, 9.17) is 4.74 Å². The molecule has 0 bridgehead atoms. The highest BCUT2D eigenvalue weighted by molar-refractivity contribution is 7.14. The molecule has 0 saturated carbocycles. The van der Waals surface area contributed by atoms with Crippen molar-refractivity contribution in [1.82, 2.24) is 0 Å². The molecule has 2 aromatic rings. The van der Waals surface area contributed by atoms with Crippen molar-refractivity contribution in [2.75, 3.05) is 7.11 Å². The van der Waals surface area contributed by atoms with Crippen LogP contribution in [0.4, 0.5) is 10.7 Å². The Balaban J connectivity index is 2.22. The number of carbonyl (C=O) groups excluding carboxylic acids is 1. The third-order valence-corrected chi connectivity index (χ3v) is 5.72. The van der Waals surface area contributed by atoms with E-state index in [1.165, 1.54) is 13.2 Å². The van der Waals surface area contributed by atoms with Crippen LogP contribution in [0.2, 0.25) is 0 Å².